The van der Waals surface area contributed by atoms with Crippen molar-refractivity contribution in [3.63, 3.8) is 0 Å². The zero-order valence-electron chi connectivity index (χ0n) is 13.1. The molecular formula is C18H27Cl2N. The molecule has 0 radical (unpaired) electrons. The van der Waals surface area contributed by atoms with Crippen LogP contribution in [0.4, 0.5) is 0 Å². The van der Waals surface area contributed by atoms with Crippen LogP contribution in [0, 0.1) is 5.41 Å². The number of rotatable bonds is 8. The number of hydrogen-bond acceptors (Lipinski definition) is 1. The smallest absolute Gasteiger partial charge is 0.0595 e. The lowest BCUT2D eigenvalue weighted by atomic mass is 9.77. The van der Waals surface area contributed by atoms with Crippen LogP contribution in [0.1, 0.15) is 57.4 Å². The predicted octanol–water partition coefficient (Wildman–Crippen LogP) is 5.88. The Morgan fingerprint density at radius 2 is 1.81 bits per heavy atom. The SMILES string of the molecule is CCCNCCC1(CCc2ccc(Cl)c(Cl)c2)CCCC1. The van der Waals surface area contributed by atoms with Gasteiger partial charge in [-0.1, -0.05) is 49.0 Å². The number of halogens is 2. The Hall–Kier alpha value is -0.240. The summed E-state index contributed by atoms with van der Waals surface area (Å²) in [5.41, 5.74) is 1.87. The zero-order valence-corrected chi connectivity index (χ0v) is 14.6. The van der Waals surface area contributed by atoms with E-state index in [1.54, 1.807) is 0 Å². The Morgan fingerprint density at radius 3 is 2.48 bits per heavy atom. The third-order valence-corrected chi connectivity index (χ3v) is 5.59. The van der Waals surface area contributed by atoms with Gasteiger partial charge in [-0.25, -0.2) is 0 Å². The summed E-state index contributed by atoms with van der Waals surface area (Å²) in [5, 5.41) is 4.90. The number of nitrogens with one attached hydrogen (secondary N) is 1. The van der Waals surface area contributed by atoms with Gasteiger partial charge in [0, 0.05) is 0 Å². The van der Waals surface area contributed by atoms with Crippen molar-refractivity contribution >= 4 is 23.2 Å². The topological polar surface area (TPSA) is 12.0 Å². The monoisotopic (exact) mass is 327 g/mol. The molecule has 1 aromatic rings. The van der Waals surface area contributed by atoms with E-state index in [9.17, 15) is 0 Å². The van der Waals surface area contributed by atoms with Gasteiger partial charge in [0.2, 0.25) is 0 Å². The highest BCUT2D eigenvalue weighted by Gasteiger charge is 2.32. The fourth-order valence-corrected chi connectivity index (χ4v) is 3.83. The zero-order chi connectivity index (χ0) is 15.1. The van der Waals surface area contributed by atoms with Gasteiger partial charge in [-0.2, -0.15) is 0 Å². The van der Waals surface area contributed by atoms with Gasteiger partial charge in [0.25, 0.3) is 0 Å². The van der Waals surface area contributed by atoms with Crippen molar-refractivity contribution in [2.45, 2.75) is 58.3 Å². The number of benzene rings is 1. The Kier molecular flexibility index (Phi) is 6.85. The molecular weight excluding hydrogens is 301 g/mol. The van der Waals surface area contributed by atoms with Crippen LogP contribution < -0.4 is 5.32 Å². The molecule has 21 heavy (non-hydrogen) atoms. The number of hydrogen-bond donors (Lipinski definition) is 1. The highest BCUT2D eigenvalue weighted by molar-refractivity contribution is 6.42. The van der Waals surface area contributed by atoms with Crippen LogP contribution in [0.5, 0.6) is 0 Å². The molecule has 0 aromatic heterocycles. The van der Waals surface area contributed by atoms with Crippen molar-refractivity contribution in [1.29, 1.82) is 0 Å². The molecule has 1 aliphatic rings. The van der Waals surface area contributed by atoms with Crippen LogP contribution in [0.25, 0.3) is 0 Å². The van der Waals surface area contributed by atoms with Crippen LogP contribution in [0.15, 0.2) is 18.2 Å². The minimum Gasteiger partial charge on any atom is -0.317 e. The average molecular weight is 328 g/mol. The molecule has 1 fully saturated rings. The van der Waals surface area contributed by atoms with Crippen molar-refractivity contribution in [1.82, 2.24) is 5.32 Å². The van der Waals surface area contributed by atoms with Crippen molar-refractivity contribution in [3.8, 4) is 0 Å². The fraction of sp³-hybridized carbons (Fsp3) is 0.667. The molecule has 118 valence electrons. The van der Waals surface area contributed by atoms with Crippen molar-refractivity contribution in [2.75, 3.05) is 13.1 Å². The summed E-state index contributed by atoms with van der Waals surface area (Å²) >= 11 is 12.1. The Bertz CT molecular complexity index is 439. The molecule has 1 saturated carbocycles. The van der Waals surface area contributed by atoms with Gasteiger partial charge in [0.1, 0.15) is 0 Å². The van der Waals surface area contributed by atoms with Gasteiger partial charge in [-0.3, -0.25) is 0 Å². The first-order chi connectivity index (χ1) is 10.2. The van der Waals surface area contributed by atoms with Gasteiger partial charge >= 0.3 is 0 Å². The second kappa shape index (κ2) is 8.41. The van der Waals surface area contributed by atoms with E-state index in [2.05, 4.69) is 18.3 Å². The van der Waals surface area contributed by atoms with Gasteiger partial charge in [0.05, 0.1) is 10.0 Å². The first kappa shape index (κ1) is 17.1. The van der Waals surface area contributed by atoms with Crippen molar-refractivity contribution in [3.05, 3.63) is 33.8 Å². The van der Waals surface area contributed by atoms with Gasteiger partial charge < -0.3 is 5.32 Å². The second-order valence-electron chi connectivity index (χ2n) is 6.46. The quantitative estimate of drug-likeness (QED) is 0.588. The minimum absolute atomic E-state index is 0.548. The molecule has 1 nitrogen and oxygen atoms in total. The molecule has 3 heteroatoms. The van der Waals surface area contributed by atoms with Crippen LogP contribution >= 0.6 is 23.2 Å². The van der Waals surface area contributed by atoms with Crippen molar-refractivity contribution in [2.24, 2.45) is 5.41 Å². The Balaban J connectivity index is 1.88. The average Bonchev–Trinajstić information content (AvgIpc) is 2.94. The van der Waals surface area contributed by atoms with E-state index in [0.29, 0.717) is 15.5 Å². The molecule has 2 rings (SSSR count). The summed E-state index contributed by atoms with van der Waals surface area (Å²) in [6, 6.07) is 6.07. The predicted molar refractivity (Wildman–Crippen MR) is 93.5 cm³/mol. The maximum Gasteiger partial charge on any atom is 0.0595 e. The molecule has 0 aliphatic heterocycles. The summed E-state index contributed by atoms with van der Waals surface area (Å²) in [7, 11) is 0. The third kappa shape index (κ3) is 5.16. The Labute approximate surface area is 139 Å². The summed E-state index contributed by atoms with van der Waals surface area (Å²) in [6.45, 7) is 4.53. The van der Waals surface area contributed by atoms with E-state index in [1.165, 1.54) is 50.5 Å². The highest BCUT2D eigenvalue weighted by Crippen LogP contribution is 2.44. The lowest BCUT2D eigenvalue weighted by Crippen LogP contribution is -2.26. The molecule has 0 amide bonds. The first-order valence-electron chi connectivity index (χ1n) is 8.30. The number of aryl methyl sites for hydroxylation is 1. The molecule has 0 heterocycles. The standard InChI is InChI=1S/C18H27Cl2N/c1-2-12-21-13-11-18(8-3-4-9-18)10-7-15-5-6-16(19)17(20)14-15/h5-6,14,21H,2-4,7-13H2,1H3. The van der Waals surface area contributed by atoms with Crippen LogP contribution in [0.3, 0.4) is 0 Å². The summed E-state index contributed by atoms with van der Waals surface area (Å²) in [4.78, 5) is 0. The molecule has 0 atom stereocenters. The van der Waals surface area contributed by atoms with E-state index >= 15 is 0 Å². The Morgan fingerprint density at radius 1 is 1.05 bits per heavy atom. The lowest BCUT2D eigenvalue weighted by Gasteiger charge is -2.29. The molecule has 1 aromatic carbocycles. The van der Waals surface area contributed by atoms with Crippen LogP contribution in [-0.2, 0) is 6.42 Å². The maximum absolute atomic E-state index is 6.12. The normalized spacial score (nSPS) is 17.3. The van der Waals surface area contributed by atoms with E-state index in [0.717, 1.165) is 19.5 Å². The fourth-order valence-electron chi connectivity index (χ4n) is 3.51. The van der Waals surface area contributed by atoms with E-state index < -0.39 is 0 Å². The molecule has 0 unspecified atom stereocenters. The second-order valence-corrected chi connectivity index (χ2v) is 7.27. The van der Waals surface area contributed by atoms with E-state index in [-0.39, 0.29) is 0 Å². The maximum atomic E-state index is 6.12. The van der Waals surface area contributed by atoms with Crippen LogP contribution in [0.2, 0.25) is 10.0 Å². The largest absolute Gasteiger partial charge is 0.317 e. The molecule has 0 bridgehead atoms. The van der Waals surface area contributed by atoms with Crippen LogP contribution in [-0.4, -0.2) is 13.1 Å². The van der Waals surface area contributed by atoms with E-state index in [4.69, 9.17) is 23.2 Å². The van der Waals surface area contributed by atoms with E-state index in [1.807, 2.05) is 12.1 Å². The molecule has 0 saturated heterocycles. The molecule has 1 aliphatic carbocycles. The van der Waals surface area contributed by atoms with Gasteiger partial charge in [0.15, 0.2) is 0 Å². The molecule has 0 spiro atoms. The minimum atomic E-state index is 0.548. The first-order valence-corrected chi connectivity index (χ1v) is 9.05. The molecule has 1 N–H and O–H groups in total. The summed E-state index contributed by atoms with van der Waals surface area (Å²) in [6.07, 6.45) is 10.5. The van der Waals surface area contributed by atoms with Gasteiger partial charge in [-0.05, 0) is 74.7 Å². The summed E-state index contributed by atoms with van der Waals surface area (Å²) in [5.74, 6) is 0. The highest BCUT2D eigenvalue weighted by atomic mass is 35.5. The van der Waals surface area contributed by atoms with Crippen molar-refractivity contribution < 1.29 is 0 Å². The van der Waals surface area contributed by atoms with Gasteiger partial charge in [-0.15, -0.1) is 0 Å². The third-order valence-electron chi connectivity index (χ3n) is 4.85. The summed E-state index contributed by atoms with van der Waals surface area (Å²) < 4.78 is 0. The lowest BCUT2D eigenvalue weighted by molar-refractivity contribution is 0.245.